The third-order valence-electron chi connectivity index (χ3n) is 2.00. The van der Waals surface area contributed by atoms with Crippen LogP contribution in [0.2, 0.25) is 0 Å². The highest BCUT2D eigenvalue weighted by atomic mass is 15.0. The predicted molar refractivity (Wildman–Crippen MR) is 58.3 cm³/mol. The summed E-state index contributed by atoms with van der Waals surface area (Å²) in [5, 5.41) is 3.26. The van der Waals surface area contributed by atoms with Crippen molar-refractivity contribution < 1.29 is 0 Å². The average Bonchev–Trinajstić information content (AvgIpc) is 2.18. The number of hydrogen-bond donors (Lipinski definition) is 2. The third-order valence-corrected chi connectivity index (χ3v) is 2.00. The van der Waals surface area contributed by atoms with E-state index in [4.69, 9.17) is 5.73 Å². The Morgan fingerprint density at radius 3 is 2.86 bits per heavy atom. The Hall–Kier alpha value is -1.16. The van der Waals surface area contributed by atoms with Crippen molar-refractivity contribution in [3.63, 3.8) is 0 Å². The van der Waals surface area contributed by atoms with Gasteiger partial charge >= 0.3 is 0 Å². The molecular formula is C10H18N4. The Morgan fingerprint density at radius 2 is 2.14 bits per heavy atom. The second kappa shape index (κ2) is 5.54. The number of hydrogen-bond acceptors (Lipinski definition) is 4. The van der Waals surface area contributed by atoms with Crippen LogP contribution in [0.25, 0.3) is 0 Å². The summed E-state index contributed by atoms with van der Waals surface area (Å²) in [6, 6.07) is 0. The summed E-state index contributed by atoms with van der Waals surface area (Å²) in [6.07, 6.45) is 3.90. The van der Waals surface area contributed by atoms with Gasteiger partial charge in [0, 0.05) is 12.7 Å². The van der Waals surface area contributed by atoms with E-state index in [1.54, 1.807) is 6.20 Å². The second-order valence-corrected chi connectivity index (χ2v) is 3.37. The Kier molecular flexibility index (Phi) is 4.32. The molecule has 3 N–H and O–H groups in total. The molecule has 0 aliphatic rings. The van der Waals surface area contributed by atoms with Crippen molar-refractivity contribution >= 4 is 5.82 Å². The van der Waals surface area contributed by atoms with Gasteiger partial charge < -0.3 is 11.1 Å². The fourth-order valence-electron chi connectivity index (χ4n) is 1.18. The van der Waals surface area contributed by atoms with Crippen LogP contribution in [-0.2, 0) is 0 Å². The molecule has 0 radical (unpaired) electrons. The van der Waals surface area contributed by atoms with Crippen molar-refractivity contribution in [1.82, 2.24) is 9.97 Å². The maximum absolute atomic E-state index is 5.41. The molecule has 14 heavy (non-hydrogen) atoms. The molecule has 0 bridgehead atoms. The summed E-state index contributed by atoms with van der Waals surface area (Å²) in [5.41, 5.74) is 7.30. The monoisotopic (exact) mass is 194 g/mol. The number of anilines is 1. The first-order valence-corrected chi connectivity index (χ1v) is 4.98. The number of aryl methyl sites for hydroxylation is 2. The highest BCUT2D eigenvalue weighted by Gasteiger charge is 1.99. The average molecular weight is 194 g/mol. The normalized spacial score (nSPS) is 10.2. The van der Waals surface area contributed by atoms with Gasteiger partial charge in [-0.05, 0) is 33.2 Å². The first kappa shape index (κ1) is 10.9. The Labute approximate surface area is 85.0 Å². The van der Waals surface area contributed by atoms with Gasteiger partial charge in [0.2, 0.25) is 0 Å². The Morgan fingerprint density at radius 1 is 1.36 bits per heavy atom. The molecule has 0 aliphatic heterocycles. The van der Waals surface area contributed by atoms with Gasteiger partial charge in [0.15, 0.2) is 0 Å². The van der Waals surface area contributed by atoms with Gasteiger partial charge in [-0.2, -0.15) is 0 Å². The minimum absolute atomic E-state index is 0.750. The lowest BCUT2D eigenvalue weighted by molar-refractivity contribution is 0.770. The Balaban J connectivity index is 2.45. The molecule has 1 heterocycles. The zero-order chi connectivity index (χ0) is 10.4. The maximum atomic E-state index is 5.41. The van der Waals surface area contributed by atoms with Gasteiger partial charge in [0.1, 0.15) is 5.82 Å². The number of unbranched alkanes of at least 4 members (excludes halogenated alkanes) is 1. The SMILES string of the molecule is Cc1cnc(C)c(NCCCCN)n1. The molecule has 0 spiro atoms. The van der Waals surface area contributed by atoms with Crippen LogP contribution in [-0.4, -0.2) is 23.1 Å². The maximum Gasteiger partial charge on any atom is 0.147 e. The van der Waals surface area contributed by atoms with E-state index in [1.807, 2.05) is 13.8 Å². The van der Waals surface area contributed by atoms with E-state index >= 15 is 0 Å². The predicted octanol–water partition coefficient (Wildman–Crippen LogP) is 1.24. The molecular weight excluding hydrogens is 176 g/mol. The molecule has 1 aromatic rings. The zero-order valence-corrected chi connectivity index (χ0v) is 8.88. The minimum atomic E-state index is 0.750. The molecule has 1 aromatic heterocycles. The lowest BCUT2D eigenvalue weighted by Crippen LogP contribution is -2.08. The van der Waals surface area contributed by atoms with Gasteiger partial charge in [-0.3, -0.25) is 4.98 Å². The molecule has 0 unspecified atom stereocenters. The molecule has 0 aliphatic carbocycles. The van der Waals surface area contributed by atoms with Crippen molar-refractivity contribution in [3.8, 4) is 0 Å². The van der Waals surface area contributed by atoms with Gasteiger partial charge in [0.25, 0.3) is 0 Å². The summed E-state index contributed by atoms with van der Waals surface area (Å²) in [6.45, 7) is 5.56. The van der Waals surface area contributed by atoms with E-state index in [0.29, 0.717) is 0 Å². The first-order valence-electron chi connectivity index (χ1n) is 4.98. The van der Waals surface area contributed by atoms with Crippen LogP contribution in [0.15, 0.2) is 6.20 Å². The number of nitrogens with one attached hydrogen (secondary N) is 1. The topological polar surface area (TPSA) is 63.8 Å². The van der Waals surface area contributed by atoms with Crippen molar-refractivity contribution in [2.24, 2.45) is 5.73 Å². The van der Waals surface area contributed by atoms with E-state index in [-0.39, 0.29) is 0 Å². The van der Waals surface area contributed by atoms with Gasteiger partial charge in [-0.1, -0.05) is 0 Å². The lowest BCUT2D eigenvalue weighted by Gasteiger charge is -2.07. The van der Waals surface area contributed by atoms with E-state index in [1.165, 1.54) is 0 Å². The van der Waals surface area contributed by atoms with Crippen LogP contribution in [0.5, 0.6) is 0 Å². The largest absolute Gasteiger partial charge is 0.369 e. The molecule has 0 saturated carbocycles. The van der Waals surface area contributed by atoms with E-state index in [2.05, 4.69) is 15.3 Å². The fourth-order valence-corrected chi connectivity index (χ4v) is 1.18. The molecule has 4 nitrogen and oxygen atoms in total. The van der Waals surface area contributed by atoms with Crippen molar-refractivity contribution in [2.75, 3.05) is 18.4 Å². The minimum Gasteiger partial charge on any atom is -0.369 e. The molecule has 0 saturated heterocycles. The van der Waals surface area contributed by atoms with Gasteiger partial charge in [0.05, 0.1) is 11.4 Å². The van der Waals surface area contributed by atoms with Crippen LogP contribution in [0.4, 0.5) is 5.82 Å². The first-order chi connectivity index (χ1) is 6.74. The van der Waals surface area contributed by atoms with Gasteiger partial charge in [-0.15, -0.1) is 0 Å². The summed E-state index contributed by atoms with van der Waals surface area (Å²) in [4.78, 5) is 8.59. The zero-order valence-electron chi connectivity index (χ0n) is 8.88. The van der Waals surface area contributed by atoms with Crippen LogP contribution in [0, 0.1) is 13.8 Å². The number of aromatic nitrogens is 2. The van der Waals surface area contributed by atoms with Crippen LogP contribution in [0.3, 0.4) is 0 Å². The quantitative estimate of drug-likeness (QED) is 0.692. The van der Waals surface area contributed by atoms with Crippen molar-refractivity contribution in [1.29, 1.82) is 0 Å². The Bertz CT molecular complexity index is 285. The molecule has 0 atom stereocenters. The standard InChI is InChI=1S/C10H18N4/c1-8-7-13-9(2)10(14-8)12-6-4-3-5-11/h7H,3-6,11H2,1-2H3,(H,12,14). The third kappa shape index (κ3) is 3.30. The van der Waals surface area contributed by atoms with Crippen molar-refractivity contribution in [3.05, 3.63) is 17.6 Å². The fraction of sp³-hybridized carbons (Fsp3) is 0.600. The van der Waals surface area contributed by atoms with Crippen molar-refractivity contribution in [2.45, 2.75) is 26.7 Å². The van der Waals surface area contributed by atoms with Crippen LogP contribution in [0.1, 0.15) is 24.2 Å². The van der Waals surface area contributed by atoms with E-state index in [9.17, 15) is 0 Å². The molecule has 4 heteroatoms. The highest BCUT2D eigenvalue weighted by molar-refractivity contribution is 5.39. The molecule has 1 rings (SSSR count). The molecule has 0 aromatic carbocycles. The summed E-state index contributed by atoms with van der Waals surface area (Å²) < 4.78 is 0. The summed E-state index contributed by atoms with van der Waals surface area (Å²) >= 11 is 0. The highest BCUT2D eigenvalue weighted by Crippen LogP contribution is 2.08. The number of rotatable bonds is 5. The second-order valence-electron chi connectivity index (χ2n) is 3.37. The smallest absolute Gasteiger partial charge is 0.147 e. The summed E-state index contributed by atoms with van der Waals surface area (Å²) in [5.74, 6) is 0.891. The van der Waals surface area contributed by atoms with Crippen LogP contribution >= 0.6 is 0 Å². The molecule has 0 amide bonds. The number of nitrogens with zero attached hydrogens (tertiary/aromatic N) is 2. The molecule has 78 valence electrons. The van der Waals surface area contributed by atoms with Crippen LogP contribution < -0.4 is 11.1 Å². The lowest BCUT2D eigenvalue weighted by atomic mass is 10.3. The summed E-state index contributed by atoms with van der Waals surface area (Å²) in [7, 11) is 0. The van der Waals surface area contributed by atoms with E-state index in [0.717, 1.165) is 43.1 Å². The molecule has 0 fully saturated rings. The van der Waals surface area contributed by atoms with E-state index < -0.39 is 0 Å². The van der Waals surface area contributed by atoms with Gasteiger partial charge in [-0.25, -0.2) is 4.98 Å². The number of nitrogens with two attached hydrogens (primary N) is 1.